The van der Waals surface area contributed by atoms with Crippen molar-refractivity contribution in [2.24, 2.45) is 39.4 Å². The number of benzene rings is 4. The topological polar surface area (TPSA) is 112 Å². The molecule has 1 aliphatic rings. The number of anilines is 1. The van der Waals surface area contributed by atoms with Gasteiger partial charge in [-0.2, -0.15) is 0 Å². The van der Waals surface area contributed by atoms with Crippen LogP contribution in [0, 0.1) is 46.3 Å². The van der Waals surface area contributed by atoms with E-state index in [1.165, 1.54) is 46.6 Å². The number of carbonyl (C=O) groups is 2. The Morgan fingerprint density at radius 1 is 0.671 bits per heavy atom. The van der Waals surface area contributed by atoms with Gasteiger partial charge >= 0.3 is 0 Å². The van der Waals surface area contributed by atoms with Gasteiger partial charge < -0.3 is 29.5 Å². The van der Waals surface area contributed by atoms with Gasteiger partial charge in [0.1, 0.15) is 12.4 Å². The summed E-state index contributed by atoms with van der Waals surface area (Å²) < 4.78 is 12.0. The number of amides is 2. The first-order valence-electron chi connectivity index (χ1n) is 29.9. The Bertz CT molecular complexity index is 2640. The summed E-state index contributed by atoms with van der Waals surface area (Å²) >= 11 is 0.699. The van der Waals surface area contributed by atoms with Crippen molar-refractivity contribution < 1.29 is 29.3 Å². The molecule has 10 heteroatoms. The van der Waals surface area contributed by atoms with Crippen molar-refractivity contribution in [2.75, 3.05) is 32.6 Å². The number of aryl methyl sites for hydroxylation is 1. The molecule has 4 aromatic carbocycles. The number of ether oxygens (including phenoxy) is 2. The SMILES string of the molecule is CC(C)(C)[C@](C)(O)c1ccccc1.CC1CCC(C(C)(C)c2ccccc2)C(CC(C)(C)C)C1.CC[C@@H](O)COc1c(C)ncc(COCc2ccccc2)c1CC(C)(C)C.CN(C)C(=O)SC(=O)N(C)c1ccc(CC(C)(C)C)cc1. The molecule has 1 aliphatic carbocycles. The monoisotopic (exact) mass is 1140 g/mol. The number of nitrogens with zero attached hydrogens (tertiary/aromatic N) is 3. The molecule has 1 fully saturated rings. The average molecular weight is 1140 g/mol. The predicted octanol–water partition coefficient (Wildman–Crippen LogP) is 18.5. The zero-order valence-electron chi connectivity index (χ0n) is 54.7. The number of thioether (sulfide) groups is 1. The molecule has 2 amide bonds. The summed E-state index contributed by atoms with van der Waals surface area (Å²) in [4.78, 5) is 31.0. The van der Waals surface area contributed by atoms with E-state index in [0.717, 1.165) is 70.0 Å². The fourth-order valence-corrected chi connectivity index (χ4v) is 11.0. The summed E-state index contributed by atoms with van der Waals surface area (Å²) in [5.74, 6) is 3.37. The molecule has 454 valence electrons. The Hall–Kier alpha value is -5.00. The first kappa shape index (κ1) is 71.3. The molecular formula is C72H109N3O6S. The van der Waals surface area contributed by atoms with E-state index in [1.807, 2.05) is 121 Å². The molecular weight excluding hydrogens is 1030 g/mol. The zero-order valence-corrected chi connectivity index (χ0v) is 55.5. The third kappa shape index (κ3) is 24.3. The lowest BCUT2D eigenvalue weighted by atomic mass is 9.58. The third-order valence-corrected chi connectivity index (χ3v) is 16.6. The van der Waals surface area contributed by atoms with Crippen LogP contribution in [0.2, 0.25) is 0 Å². The second-order valence-corrected chi connectivity index (χ2v) is 29.5. The van der Waals surface area contributed by atoms with Crippen LogP contribution in [0.4, 0.5) is 15.3 Å². The lowest BCUT2D eigenvalue weighted by Crippen LogP contribution is -2.39. The van der Waals surface area contributed by atoms with Gasteiger partial charge in [0.05, 0.1) is 30.6 Å². The second-order valence-electron chi connectivity index (χ2n) is 28.6. The van der Waals surface area contributed by atoms with E-state index in [0.29, 0.717) is 36.8 Å². The summed E-state index contributed by atoms with van der Waals surface area (Å²) in [6.07, 6.45) is 9.51. The summed E-state index contributed by atoms with van der Waals surface area (Å²) in [5.41, 5.74) is 8.85. The van der Waals surface area contributed by atoms with Gasteiger partial charge in [-0.3, -0.25) is 14.6 Å². The minimum absolute atomic E-state index is 0.101. The van der Waals surface area contributed by atoms with Gasteiger partial charge in [0, 0.05) is 55.9 Å². The van der Waals surface area contributed by atoms with Crippen molar-refractivity contribution in [3.63, 3.8) is 0 Å². The fourth-order valence-electron chi connectivity index (χ4n) is 10.4. The maximum absolute atomic E-state index is 12.0. The van der Waals surface area contributed by atoms with Crippen molar-refractivity contribution in [1.29, 1.82) is 0 Å². The first-order chi connectivity index (χ1) is 38.0. The van der Waals surface area contributed by atoms with Crippen molar-refractivity contribution in [1.82, 2.24) is 9.88 Å². The smallest absolute Gasteiger partial charge is 0.295 e. The molecule has 0 spiro atoms. The van der Waals surface area contributed by atoms with E-state index >= 15 is 0 Å². The highest BCUT2D eigenvalue weighted by atomic mass is 32.2. The highest BCUT2D eigenvalue weighted by molar-refractivity contribution is 8.26. The largest absolute Gasteiger partial charge is 0.489 e. The van der Waals surface area contributed by atoms with E-state index < -0.39 is 11.7 Å². The summed E-state index contributed by atoms with van der Waals surface area (Å²) in [6.45, 7) is 41.0. The van der Waals surface area contributed by atoms with E-state index in [2.05, 4.69) is 131 Å². The van der Waals surface area contributed by atoms with Gasteiger partial charge in [-0.05, 0) is 132 Å². The second kappa shape index (κ2) is 31.8. The Balaban J connectivity index is 0.000000295. The summed E-state index contributed by atoms with van der Waals surface area (Å²) in [5, 5.41) is 19.7. The molecule has 0 radical (unpaired) electrons. The molecule has 0 bridgehead atoms. The van der Waals surface area contributed by atoms with Crippen LogP contribution in [0.1, 0.15) is 189 Å². The van der Waals surface area contributed by atoms with E-state index in [-0.39, 0.29) is 38.7 Å². The Morgan fingerprint density at radius 3 is 1.68 bits per heavy atom. The quantitative estimate of drug-likeness (QED) is 0.107. The summed E-state index contributed by atoms with van der Waals surface area (Å²) in [6, 6.07) is 39.0. The lowest BCUT2D eigenvalue weighted by Gasteiger charge is -2.46. The number of hydrogen-bond donors (Lipinski definition) is 2. The molecule has 3 unspecified atom stereocenters. The number of aliphatic hydroxyl groups is 2. The number of carbonyl (C=O) groups excluding carboxylic acids is 2. The standard InChI is InChI=1S/C23H33NO3.C21H34.C16H24N2O2S.C12H18O/c1-6-20(25)16-27-22-17(2)24-13-19(21(22)12-23(3,4)5)15-26-14-18-10-8-7-9-11-18;1-16-12-13-19(17(14-16)15-20(2,3)4)21(5,6)18-10-8-7-9-11-18;1-16(2,3)11-12-7-9-13(10-8-12)18(6)15(20)21-14(19)17(4)5;1-11(2,3)12(4,13)10-8-6-5-7-9-10/h7-11,13,20,25H,6,12,14-16H2,1-5H3;7-11,16-17,19H,12-15H2,1-6H3;7-10H,11H2,1-6H3;5-9,13H,1-4H3/t20-;;;12-/m1..1/s1. The maximum atomic E-state index is 12.0. The van der Waals surface area contributed by atoms with Crippen LogP contribution in [0.15, 0.2) is 121 Å². The Kier molecular flexibility index (Phi) is 27.6. The number of hydrogen-bond acceptors (Lipinski definition) is 8. The molecule has 6 rings (SSSR count). The molecule has 1 aromatic heterocycles. The molecule has 0 saturated heterocycles. The van der Waals surface area contributed by atoms with Crippen molar-refractivity contribution >= 4 is 27.9 Å². The maximum Gasteiger partial charge on any atom is 0.295 e. The normalized spacial score (nSPS) is 16.8. The van der Waals surface area contributed by atoms with Crippen LogP contribution in [0.5, 0.6) is 5.75 Å². The van der Waals surface area contributed by atoms with Crippen molar-refractivity contribution in [2.45, 2.75) is 200 Å². The van der Waals surface area contributed by atoms with E-state index in [9.17, 15) is 19.8 Å². The molecule has 9 nitrogen and oxygen atoms in total. The van der Waals surface area contributed by atoms with Gasteiger partial charge in [-0.25, -0.2) is 0 Å². The van der Waals surface area contributed by atoms with Crippen LogP contribution in [0.3, 0.4) is 0 Å². The van der Waals surface area contributed by atoms with E-state index in [4.69, 9.17) is 9.47 Å². The molecule has 5 aromatic rings. The molecule has 1 saturated carbocycles. The van der Waals surface area contributed by atoms with E-state index in [1.54, 1.807) is 21.1 Å². The van der Waals surface area contributed by atoms with Crippen LogP contribution in [0.25, 0.3) is 0 Å². The van der Waals surface area contributed by atoms with Gasteiger partial charge in [-0.1, -0.05) is 220 Å². The zero-order chi connectivity index (χ0) is 61.9. The first-order valence-corrected chi connectivity index (χ1v) is 30.8. The molecule has 5 atom stereocenters. The number of aliphatic hydroxyl groups excluding tert-OH is 1. The Morgan fingerprint density at radius 2 is 1.20 bits per heavy atom. The Labute approximate surface area is 502 Å². The number of aromatic nitrogens is 1. The molecule has 1 heterocycles. The third-order valence-electron chi connectivity index (χ3n) is 15.6. The van der Waals surface area contributed by atoms with Crippen LogP contribution < -0.4 is 9.64 Å². The minimum Gasteiger partial charge on any atom is -0.489 e. The lowest BCUT2D eigenvalue weighted by molar-refractivity contribution is -0.0470. The minimum atomic E-state index is -0.770. The van der Waals surface area contributed by atoms with Crippen molar-refractivity contribution in [3.8, 4) is 5.75 Å². The van der Waals surface area contributed by atoms with Crippen molar-refractivity contribution in [3.05, 3.63) is 161 Å². The molecule has 2 N–H and O–H groups in total. The fraction of sp³-hybridized carbons (Fsp3) is 0.569. The van der Waals surface area contributed by atoms with Gasteiger partial charge in [0.15, 0.2) is 0 Å². The number of pyridine rings is 1. The predicted molar refractivity (Wildman–Crippen MR) is 348 cm³/mol. The van der Waals surface area contributed by atoms with Gasteiger partial charge in [0.2, 0.25) is 0 Å². The van der Waals surface area contributed by atoms with Crippen LogP contribution in [-0.2, 0) is 41.8 Å². The van der Waals surface area contributed by atoms with Crippen LogP contribution in [-0.4, -0.2) is 64.4 Å². The van der Waals surface area contributed by atoms with Gasteiger partial charge in [0.25, 0.3) is 10.5 Å². The average Bonchev–Trinajstić information content (AvgIpc) is 3.59. The summed E-state index contributed by atoms with van der Waals surface area (Å²) in [7, 11) is 4.94. The molecule has 82 heavy (non-hydrogen) atoms. The van der Waals surface area contributed by atoms with Gasteiger partial charge in [-0.15, -0.1) is 0 Å². The molecule has 0 aliphatic heterocycles. The highest BCUT2D eigenvalue weighted by Crippen LogP contribution is 2.49. The highest BCUT2D eigenvalue weighted by Gasteiger charge is 2.41. The number of rotatable bonds is 15. The van der Waals surface area contributed by atoms with Crippen LogP contribution >= 0.6 is 11.8 Å².